The van der Waals surface area contributed by atoms with E-state index in [9.17, 15) is 4.39 Å². The van der Waals surface area contributed by atoms with E-state index < -0.39 is 5.82 Å². The van der Waals surface area contributed by atoms with Crippen LogP contribution in [0.2, 0.25) is 0 Å². The number of fused-ring (bicyclic) bond motifs is 1. The van der Waals surface area contributed by atoms with Gasteiger partial charge < -0.3 is 29.0 Å². The van der Waals surface area contributed by atoms with Crippen LogP contribution in [0.3, 0.4) is 0 Å². The zero-order chi connectivity index (χ0) is 18.4. The van der Waals surface area contributed by atoms with Gasteiger partial charge in [-0.15, -0.1) is 12.4 Å². The number of hydrogen-bond donors (Lipinski definition) is 1. The fourth-order valence-corrected chi connectivity index (χ4v) is 2.65. The summed E-state index contributed by atoms with van der Waals surface area (Å²) in [6.45, 7) is 1.87. The first-order valence-corrected chi connectivity index (χ1v) is 8.35. The topological polar surface area (TPSA) is 58.2 Å². The zero-order valence-electron chi connectivity index (χ0n) is 15.2. The molecule has 2 aromatic carbocycles. The second-order valence-electron chi connectivity index (χ2n) is 5.66. The smallest absolute Gasteiger partial charge is 0.203 e. The van der Waals surface area contributed by atoms with Crippen LogP contribution in [0.15, 0.2) is 36.4 Å². The van der Waals surface area contributed by atoms with Crippen LogP contribution in [0.4, 0.5) is 4.39 Å². The number of ether oxygens (including phenoxy) is 5. The Kier molecular flexibility index (Phi) is 7.82. The van der Waals surface area contributed by atoms with Crippen LogP contribution in [0.1, 0.15) is 0 Å². The third-order valence-corrected chi connectivity index (χ3v) is 3.92. The van der Waals surface area contributed by atoms with E-state index in [0.29, 0.717) is 49.3 Å². The molecule has 1 heterocycles. The summed E-state index contributed by atoms with van der Waals surface area (Å²) in [4.78, 5) is 0. The van der Waals surface area contributed by atoms with Crippen molar-refractivity contribution in [3.8, 4) is 28.7 Å². The van der Waals surface area contributed by atoms with E-state index in [0.717, 1.165) is 0 Å². The Hall–Kier alpha value is -2.38. The molecule has 0 saturated carbocycles. The molecule has 0 saturated heterocycles. The van der Waals surface area contributed by atoms with Crippen molar-refractivity contribution in [3.63, 3.8) is 0 Å². The minimum atomic E-state index is -0.418. The Morgan fingerprint density at radius 2 is 1.81 bits per heavy atom. The third kappa shape index (κ3) is 5.08. The molecule has 0 radical (unpaired) electrons. The Labute approximate surface area is 163 Å². The molecular weight excluding hydrogens is 377 g/mol. The van der Waals surface area contributed by atoms with Crippen molar-refractivity contribution in [2.24, 2.45) is 0 Å². The summed E-state index contributed by atoms with van der Waals surface area (Å²) < 4.78 is 41.3. The molecule has 1 N–H and O–H groups in total. The van der Waals surface area contributed by atoms with Gasteiger partial charge in [0, 0.05) is 13.1 Å². The van der Waals surface area contributed by atoms with E-state index in [4.69, 9.17) is 23.7 Å². The maximum atomic E-state index is 13.7. The van der Waals surface area contributed by atoms with Crippen molar-refractivity contribution in [1.29, 1.82) is 0 Å². The van der Waals surface area contributed by atoms with E-state index >= 15 is 0 Å². The average molecular weight is 400 g/mol. The lowest BCUT2D eigenvalue weighted by molar-refractivity contribution is 0.0844. The Morgan fingerprint density at radius 1 is 1.11 bits per heavy atom. The fourth-order valence-electron chi connectivity index (χ4n) is 2.65. The van der Waals surface area contributed by atoms with Crippen molar-refractivity contribution in [2.45, 2.75) is 6.10 Å². The predicted octanol–water partition coefficient (Wildman–Crippen LogP) is 3.07. The summed E-state index contributed by atoms with van der Waals surface area (Å²) in [6.07, 6.45) is -0.264. The fraction of sp³-hybridized carbons (Fsp3) is 0.368. The van der Waals surface area contributed by atoms with E-state index in [1.807, 2.05) is 18.2 Å². The van der Waals surface area contributed by atoms with Gasteiger partial charge in [-0.2, -0.15) is 0 Å². The highest BCUT2D eigenvalue weighted by molar-refractivity contribution is 5.85. The lowest BCUT2D eigenvalue weighted by Gasteiger charge is -2.26. The Balaban J connectivity index is 0.00000261. The second-order valence-corrected chi connectivity index (χ2v) is 5.66. The lowest BCUT2D eigenvalue weighted by Crippen LogP contribution is -2.40. The van der Waals surface area contributed by atoms with E-state index in [-0.39, 0.29) is 24.3 Å². The van der Waals surface area contributed by atoms with Gasteiger partial charge >= 0.3 is 0 Å². The van der Waals surface area contributed by atoms with Crippen LogP contribution in [0.5, 0.6) is 28.7 Å². The first-order valence-electron chi connectivity index (χ1n) is 8.35. The molecule has 27 heavy (non-hydrogen) atoms. The monoisotopic (exact) mass is 399 g/mol. The summed E-state index contributed by atoms with van der Waals surface area (Å²) in [6, 6.07) is 10.1. The van der Waals surface area contributed by atoms with Crippen LogP contribution in [-0.4, -0.2) is 46.6 Å². The molecule has 0 aromatic heterocycles. The molecule has 1 aliphatic rings. The third-order valence-electron chi connectivity index (χ3n) is 3.92. The van der Waals surface area contributed by atoms with Gasteiger partial charge in [0.2, 0.25) is 5.75 Å². The number of para-hydroxylation sites is 2. The van der Waals surface area contributed by atoms with Crippen LogP contribution >= 0.6 is 12.4 Å². The quantitative estimate of drug-likeness (QED) is 0.688. The normalized spacial score (nSPS) is 14.9. The van der Waals surface area contributed by atoms with Crippen molar-refractivity contribution >= 4 is 12.4 Å². The number of nitrogens with one attached hydrogen (secondary N) is 1. The van der Waals surface area contributed by atoms with Crippen LogP contribution in [0.25, 0.3) is 0 Å². The molecule has 8 heteroatoms. The molecular formula is C19H23ClFNO5. The Morgan fingerprint density at radius 3 is 2.52 bits per heavy atom. The highest BCUT2D eigenvalue weighted by atomic mass is 35.5. The van der Waals surface area contributed by atoms with Gasteiger partial charge in [-0.05, 0) is 24.3 Å². The molecule has 0 amide bonds. The maximum absolute atomic E-state index is 13.7. The van der Waals surface area contributed by atoms with Crippen LogP contribution in [-0.2, 0) is 0 Å². The molecule has 0 bridgehead atoms. The molecule has 0 unspecified atom stereocenters. The first-order chi connectivity index (χ1) is 12.7. The minimum absolute atomic E-state index is 0. The molecule has 3 rings (SSSR count). The highest BCUT2D eigenvalue weighted by Gasteiger charge is 2.23. The summed E-state index contributed by atoms with van der Waals surface area (Å²) in [5.74, 6) is 1.97. The van der Waals surface area contributed by atoms with Gasteiger partial charge in [-0.1, -0.05) is 12.1 Å². The van der Waals surface area contributed by atoms with Gasteiger partial charge in [-0.25, -0.2) is 4.39 Å². The number of benzene rings is 2. The number of methoxy groups -OCH3 is 2. The average Bonchev–Trinajstić information content (AvgIpc) is 2.68. The SMILES string of the molecule is COc1cccc(OC)c1OCCNC[C@H]1COc2cccc(F)c2O1.Cl. The van der Waals surface area contributed by atoms with Crippen molar-refractivity contribution in [1.82, 2.24) is 5.32 Å². The van der Waals surface area contributed by atoms with Crippen molar-refractivity contribution in [3.05, 3.63) is 42.2 Å². The Bertz CT molecular complexity index is 724. The standard InChI is InChI=1S/C19H22FNO5.ClH/c1-22-15-6-4-7-16(23-2)19(15)24-10-9-21-11-13-12-25-17-8-3-5-14(20)18(17)26-13;/h3-8,13,21H,9-12H2,1-2H3;1H/t13-;/m0./s1. The van der Waals surface area contributed by atoms with Gasteiger partial charge in [0.05, 0.1) is 14.2 Å². The van der Waals surface area contributed by atoms with E-state index in [1.165, 1.54) is 6.07 Å². The van der Waals surface area contributed by atoms with Gasteiger partial charge in [-0.3, -0.25) is 0 Å². The predicted molar refractivity (Wildman–Crippen MR) is 101 cm³/mol. The molecule has 1 atom stereocenters. The van der Waals surface area contributed by atoms with Gasteiger partial charge in [0.25, 0.3) is 0 Å². The van der Waals surface area contributed by atoms with Crippen LogP contribution in [0, 0.1) is 5.82 Å². The number of halogens is 2. The molecule has 0 aliphatic carbocycles. The first kappa shape index (κ1) is 20.9. The largest absolute Gasteiger partial charge is 0.493 e. The molecule has 2 aromatic rings. The number of hydrogen-bond acceptors (Lipinski definition) is 6. The highest BCUT2D eigenvalue weighted by Crippen LogP contribution is 2.36. The van der Waals surface area contributed by atoms with E-state index in [2.05, 4.69) is 5.32 Å². The number of rotatable bonds is 8. The van der Waals surface area contributed by atoms with Crippen molar-refractivity contribution in [2.75, 3.05) is 40.5 Å². The van der Waals surface area contributed by atoms with Gasteiger partial charge in [0.15, 0.2) is 28.8 Å². The summed E-state index contributed by atoms with van der Waals surface area (Å²) in [7, 11) is 3.16. The summed E-state index contributed by atoms with van der Waals surface area (Å²) in [5, 5.41) is 3.22. The molecule has 6 nitrogen and oxygen atoms in total. The van der Waals surface area contributed by atoms with Crippen molar-refractivity contribution < 1.29 is 28.1 Å². The second kappa shape index (κ2) is 10.1. The van der Waals surface area contributed by atoms with Gasteiger partial charge in [0.1, 0.15) is 19.3 Å². The molecule has 148 valence electrons. The minimum Gasteiger partial charge on any atom is -0.493 e. The molecule has 0 spiro atoms. The summed E-state index contributed by atoms with van der Waals surface area (Å²) in [5.41, 5.74) is 0. The maximum Gasteiger partial charge on any atom is 0.203 e. The molecule has 1 aliphatic heterocycles. The zero-order valence-corrected chi connectivity index (χ0v) is 16.0. The summed E-state index contributed by atoms with van der Waals surface area (Å²) >= 11 is 0. The van der Waals surface area contributed by atoms with E-state index in [1.54, 1.807) is 26.4 Å². The van der Waals surface area contributed by atoms with Crippen LogP contribution < -0.4 is 29.0 Å². The molecule has 0 fully saturated rings. The lowest BCUT2D eigenvalue weighted by atomic mass is 10.2.